The van der Waals surface area contributed by atoms with Gasteiger partial charge in [-0.3, -0.25) is 8.97 Å². The normalized spacial score (nSPS) is 27.5. The van der Waals surface area contributed by atoms with Gasteiger partial charge in [-0.2, -0.15) is 8.42 Å². The maximum absolute atomic E-state index is 9.19. The summed E-state index contributed by atoms with van der Waals surface area (Å²) in [5, 5.41) is 0. The molecule has 2 heterocycles. The molecule has 25 heavy (non-hydrogen) atoms. The van der Waals surface area contributed by atoms with Crippen molar-refractivity contribution in [1.82, 2.24) is 4.42 Å². The van der Waals surface area contributed by atoms with Gasteiger partial charge in [-0.15, -0.1) is 11.8 Å². The van der Waals surface area contributed by atoms with Crippen molar-refractivity contribution in [2.24, 2.45) is 5.41 Å². The number of allylic oxidation sites excluding steroid dienone is 4. The van der Waals surface area contributed by atoms with E-state index in [2.05, 4.69) is 54.6 Å². The van der Waals surface area contributed by atoms with Crippen LogP contribution in [0.25, 0.3) is 0 Å². The fraction of sp³-hybridized carbons (Fsp3) is 0.333. The molecule has 7 heteroatoms. The van der Waals surface area contributed by atoms with E-state index < -0.39 is 10.1 Å². The van der Waals surface area contributed by atoms with Crippen LogP contribution in [0.2, 0.25) is 0 Å². The van der Waals surface area contributed by atoms with E-state index in [0.717, 1.165) is 6.54 Å². The lowest BCUT2D eigenvalue weighted by atomic mass is 9.64. The highest BCUT2D eigenvalue weighted by molar-refractivity contribution is 8.03. The predicted octanol–water partition coefficient (Wildman–Crippen LogP) is 4.20. The number of benzene rings is 1. The molecule has 3 aliphatic rings. The first-order chi connectivity index (χ1) is 11.8. The molecule has 2 unspecified atom stereocenters. The van der Waals surface area contributed by atoms with Crippen LogP contribution in [0.15, 0.2) is 65.2 Å². The Balaban J connectivity index is 0.000000324. The second kappa shape index (κ2) is 7.19. The minimum atomic E-state index is -3.67. The van der Waals surface area contributed by atoms with Crippen LogP contribution in [0.4, 0.5) is 0 Å². The Bertz CT molecular complexity index is 825. The Kier molecular flexibility index (Phi) is 5.34. The number of hydrogen-bond donors (Lipinski definition) is 1. The molecule has 1 N–H and O–H groups in total. The van der Waals surface area contributed by atoms with E-state index in [1.165, 1.54) is 28.3 Å². The van der Waals surface area contributed by atoms with Gasteiger partial charge < -0.3 is 0 Å². The van der Waals surface area contributed by atoms with Gasteiger partial charge in [0.2, 0.25) is 0 Å². The number of rotatable bonds is 1. The van der Waals surface area contributed by atoms with Gasteiger partial charge in [-0.25, -0.2) is 0 Å². The van der Waals surface area contributed by atoms with E-state index in [1.54, 1.807) is 0 Å². The summed E-state index contributed by atoms with van der Waals surface area (Å²) in [6, 6.07) is 10.8. The number of thioether (sulfide) groups is 1. The summed E-state index contributed by atoms with van der Waals surface area (Å²) in [7, 11) is -3.67. The molecule has 0 radical (unpaired) electrons. The summed E-state index contributed by atoms with van der Waals surface area (Å²) in [4.78, 5) is 1.51. The van der Waals surface area contributed by atoms with Crippen LogP contribution in [-0.4, -0.2) is 35.9 Å². The van der Waals surface area contributed by atoms with E-state index in [0.29, 0.717) is 12.2 Å². The molecule has 4 nitrogen and oxygen atoms in total. The van der Waals surface area contributed by atoms with Crippen molar-refractivity contribution in [3.05, 3.63) is 70.8 Å². The first-order valence-electron chi connectivity index (χ1n) is 7.95. The molecule has 4 rings (SSSR count). The summed E-state index contributed by atoms with van der Waals surface area (Å²) in [6.45, 7) is 0.812. The van der Waals surface area contributed by atoms with E-state index in [-0.39, 0.29) is 5.41 Å². The van der Waals surface area contributed by atoms with Crippen molar-refractivity contribution in [2.45, 2.75) is 12.3 Å². The summed E-state index contributed by atoms with van der Waals surface area (Å²) < 4.78 is 27.8. The van der Waals surface area contributed by atoms with E-state index >= 15 is 0 Å². The van der Waals surface area contributed by atoms with Crippen LogP contribution >= 0.6 is 23.5 Å². The van der Waals surface area contributed by atoms with E-state index in [1.807, 2.05) is 16.2 Å². The zero-order chi connectivity index (χ0) is 18.1. The first kappa shape index (κ1) is 18.6. The molecular formula is C18H20ClNO3S2. The third-order valence-electron chi connectivity index (χ3n) is 4.60. The molecular weight excluding hydrogens is 378 g/mol. The van der Waals surface area contributed by atoms with Gasteiger partial charge in [0.05, 0.1) is 18.2 Å². The average Bonchev–Trinajstić information content (AvgIpc) is 2.97. The largest absolute Gasteiger partial charge is 0.286 e. The van der Waals surface area contributed by atoms with Crippen molar-refractivity contribution < 1.29 is 13.0 Å². The SMILES string of the molecule is CS(=O)(=O)O.ClN1CC=C2SCCC23C1=CC=CC3c1ccccc1. The standard InChI is InChI=1S/C17H16ClNS.CH4O3S/c18-19-11-9-16-17(10-12-20-16)14(7-4-8-15(17)19)13-5-2-1-3-6-13;1-5(2,3)4/h1-9,14H,10-12H2;1H3,(H,2,3,4). The Labute approximate surface area is 158 Å². The molecule has 1 aromatic carbocycles. The Morgan fingerprint density at radius 1 is 1.32 bits per heavy atom. The minimum Gasteiger partial charge on any atom is -0.286 e. The molecule has 0 saturated carbocycles. The summed E-state index contributed by atoms with van der Waals surface area (Å²) >= 11 is 8.49. The van der Waals surface area contributed by atoms with Gasteiger partial charge in [0.1, 0.15) is 0 Å². The quantitative estimate of drug-likeness (QED) is 0.568. The molecule has 1 spiro atoms. The Morgan fingerprint density at radius 3 is 2.68 bits per heavy atom. The van der Waals surface area contributed by atoms with Crippen molar-refractivity contribution >= 4 is 33.7 Å². The molecule has 134 valence electrons. The van der Waals surface area contributed by atoms with E-state index in [4.69, 9.17) is 16.3 Å². The topological polar surface area (TPSA) is 57.6 Å². The molecule has 1 saturated heterocycles. The van der Waals surface area contributed by atoms with Gasteiger partial charge in [0.25, 0.3) is 10.1 Å². The van der Waals surface area contributed by atoms with Crippen LogP contribution in [0.1, 0.15) is 17.9 Å². The highest BCUT2D eigenvalue weighted by Crippen LogP contribution is 2.62. The van der Waals surface area contributed by atoms with Crippen LogP contribution in [0, 0.1) is 5.41 Å². The van der Waals surface area contributed by atoms with Crippen LogP contribution < -0.4 is 0 Å². The second-order valence-corrected chi connectivity index (χ2v) is 9.25. The lowest BCUT2D eigenvalue weighted by Gasteiger charge is -2.46. The number of hydrogen-bond acceptors (Lipinski definition) is 4. The highest BCUT2D eigenvalue weighted by atomic mass is 35.5. The molecule has 1 fully saturated rings. The van der Waals surface area contributed by atoms with Crippen LogP contribution in [-0.2, 0) is 10.1 Å². The van der Waals surface area contributed by atoms with Crippen molar-refractivity contribution in [2.75, 3.05) is 18.6 Å². The van der Waals surface area contributed by atoms with Gasteiger partial charge in [-0.05, 0) is 28.7 Å². The van der Waals surface area contributed by atoms with Gasteiger partial charge in [0, 0.05) is 23.4 Å². The average molecular weight is 398 g/mol. The third kappa shape index (κ3) is 3.82. The summed E-state index contributed by atoms with van der Waals surface area (Å²) in [6.07, 6.45) is 10.9. The Hall–Kier alpha value is -1.21. The number of halogens is 1. The monoisotopic (exact) mass is 397 g/mol. The van der Waals surface area contributed by atoms with Crippen molar-refractivity contribution in [1.29, 1.82) is 0 Å². The molecule has 2 aliphatic heterocycles. The minimum absolute atomic E-state index is 0.0702. The van der Waals surface area contributed by atoms with Gasteiger partial charge >= 0.3 is 0 Å². The number of nitrogens with zero attached hydrogens (tertiary/aromatic N) is 1. The summed E-state index contributed by atoms with van der Waals surface area (Å²) in [5.41, 5.74) is 2.73. The molecule has 0 bridgehead atoms. The fourth-order valence-electron chi connectivity index (χ4n) is 3.72. The zero-order valence-electron chi connectivity index (χ0n) is 13.8. The van der Waals surface area contributed by atoms with E-state index in [9.17, 15) is 8.42 Å². The van der Waals surface area contributed by atoms with Gasteiger partial charge in [-0.1, -0.05) is 48.6 Å². The van der Waals surface area contributed by atoms with Crippen molar-refractivity contribution in [3.63, 3.8) is 0 Å². The van der Waals surface area contributed by atoms with Gasteiger partial charge in [0.15, 0.2) is 0 Å². The highest BCUT2D eigenvalue weighted by Gasteiger charge is 2.52. The maximum atomic E-state index is 9.19. The van der Waals surface area contributed by atoms with Crippen molar-refractivity contribution in [3.8, 4) is 0 Å². The molecule has 2 atom stereocenters. The second-order valence-electron chi connectivity index (χ2n) is 6.24. The molecule has 1 aliphatic carbocycles. The molecule has 1 aromatic rings. The molecule has 0 amide bonds. The zero-order valence-corrected chi connectivity index (χ0v) is 16.2. The Morgan fingerprint density at radius 2 is 2.00 bits per heavy atom. The lowest BCUT2D eigenvalue weighted by Crippen LogP contribution is -2.39. The maximum Gasteiger partial charge on any atom is 0.261 e. The summed E-state index contributed by atoms with van der Waals surface area (Å²) in [5.74, 6) is 1.58. The van der Waals surface area contributed by atoms with Crippen LogP contribution in [0.3, 0.4) is 0 Å². The third-order valence-corrected chi connectivity index (χ3v) is 6.17. The van der Waals surface area contributed by atoms with Crippen LogP contribution in [0.5, 0.6) is 0 Å². The smallest absolute Gasteiger partial charge is 0.261 e. The molecule has 0 aromatic heterocycles. The fourth-order valence-corrected chi connectivity index (χ4v) is 5.43. The first-order valence-corrected chi connectivity index (χ1v) is 11.1. The predicted molar refractivity (Wildman–Crippen MR) is 104 cm³/mol. The lowest BCUT2D eigenvalue weighted by molar-refractivity contribution is 0.314.